The molecule has 1 saturated heterocycles. The largest absolute Gasteiger partial charge is 0.455 e. The van der Waals surface area contributed by atoms with Gasteiger partial charge in [-0.15, -0.1) is 0 Å². The number of hydrogen-bond donors (Lipinski definition) is 1. The molecule has 0 unspecified atom stereocenters. The van der Waals surface area contributed by atoms with Crippen LogP contribution in [0.3, 0.4) is 0 Å². The van der Waals surface area contributed by atoms with Gasteiger partial charge in [0.05, 0.1) is 6.20 Å². The molecule has 1 aliphatic heterocycles. The van der Waals surface area contributed by atoms with Crippen LogP contribution in [0.15, 0.2) is 52.4 Å². The molecule has 7 nitrogen and oxygen atoms in total. The van der Waals surface area contributed by atoms with Crippen molar-refractivity contribution in [3.05, 3.63) is 80.5 Å². The van der Waals surface area contributed by atoms with Crippen molar-refractivity contribution in [3.8, 4) is 22.6 Å². The number of aromatic amines is 1. The Morgan fingerprint density at radius 2 is 1.69 bits per heavy atom. The third-order valence-electron chi connectivity index (χ3n) is 6.95. The summed E-state index contributed by atoms with van der Waals surface area (Å²) in [5, 5.41) is 0.710. The lowest BCUT2D eigenvalue weighted by atomic mass is 10.0. The molecule has 1 N–H and O–H groups in total. The second kappa shape index (κ2) is 8.85. The number of halogens is 1. The van der Waals surface area contributed by atoms with E-state index >= 15 is 0 Å². The van der Waals surface area contributed by atoms with Crippen molar-refractivity contribution in [2.45, 2.75) is 32.7 Å². The molecule has 0 aliphatic carbocycles. The van der Waals surface area contributed by atoms with Crippen LogP contribution in [-0.4, -0.2) is 39.2 Å². The normalized spacial score (nSPS) is 15.1. The number of piperidine rings is 1. The Kier molecular flexibility index (Phi) is 5.84. The lowest BCUT2D eigenvalue weighted by Crippen LogP contribution is -2.35. The van der Waals surface area contributed by atoms with Gasteiger partial charge in [0.1, 0.15) is 17.1 Å². The smallest absolute Gasteiger partial charge is 0.274 e. The van der Waals surface area contributed by atoms with E-state index in [0.29, 0.717) is 44.7 Å². The Hall–Kier alpha value is -3.65. The molecule has 1 aliphatic rings. The SMILES string of the molecule is Cc1cc(F)cc(C)c1Oc1cn(C2CCN(C)CC2)c(=O)cc1-c1cn(C)c(=O)c2[nH]ccc12. The Labute approximate surface area is 202 Å². The summed E-state index contributed by atoms with van der Waals surface area (Å²) in [6.45, 7) is 5.43. The third-order valence-corrected chi connectivity index (χ3v) is 6.95. The van der Waals surface area contributed by atoms with E-state index in [0.717, 1.165) is 25.9 Å². The maximum Gasteiger partial charge on any atom is 0.274 e. The number of benzene rings is 1. The lowest BCUT2D eigenvalue weighted by molar-refractivity contribution is 0.218. The fraction of sp³-hybridized carbons (Fsp3) is 0.333. The summed E-state index contributed by atoms with van der Waals surface area (Å²) in [7, 11) is 3.76. The van der Waals surface area contributed by atoms with Crippen LogP contribution >= 0.6 is 0 Å². The highest BCUT2D eigenvalue weighted by molar-refractivity contribution is 5.95. The monoisotopic (exact) mass is 476 g/mol. The van der Waals surface area contributed by atoms with Gasteiger partial charge in [-0.05, 0) is 76.2 Å². The van der Waals surface area contributed by atoms with Crippen LogP contribution in [0.25, 0.3) is 22.0 Å². The summed E-state index contributed by atoms with van der Waals surface area (Å²) >= 11 is 0. The number of ether oxygens (including phenoxy) is 1. The van der Waals surface area contributed by atoms with E-state index in [4.69, 9.17) is 4.74 Å². The minimum atomic E-state index is -0.323. The summed E-state index contributed by atoms with van der Waals surface area (Å²) in [4.78, 5) is 31.3. The second-order valence-corrected chi connectivity index (χ2v) is 9.53. The number of aryl methyl sites for hydroxylation is 3. The molecule has 0 amide bonds. The fourth-order valence-corrected chi connectivity index (χ4v) is 5.03. The number of likely N-dealkylation sites (tertiary alicyclic amines) is 1. The highest BCUT2D eigenvalue weighted by atomic mass is 19.1. The zero-order valence-corrected chi connectivity index (χ0v) is 20.4. The number of aromatic nitrogens is 3. The first kappa shape index (κ1) is 23.1. The van der Waals surface area contributed by atoms with Crippen molar-refractivity contribution in [2.24, 2.45) is 7.05 Å². The molecule has 5 rings (SSSR count). The average molecular weight is 477 g/mol. The quantitative estimate of drug-likeness (QED) is 0.471. The Morgan fingerprint density at radius 3 is 2.37 bits per heavy atom. The Morgan fingerprint density at radius 1 is 1.00 bits per heavy atom. The van der Waals surface area contributed by atoms with Crippen LogP contribution in [-0.2, 0) is 7.05 Å². The summed E-state index contributed by atoms with van der Waals surface area (Å²) in [5.74, 6) is 0.717. The molecule has 0 atom stereocenters. The molecule has 35 heavy (non-hydrogen) atoms. The number of nitrogens with zero attached hydrogens (tertiary/aromatic N) is 3. The van der Waals surface area contributed by atoms with Crippen molar-refractivity contribution >= 4 is 10.9 Å². The van der Waals surface area contributed by atoms with Gasteiger partial charge in [-0.25, -0.2) is 4.39 Å². The Bertz CT molecular complexity index is 1520. The van der Waals surface area contributed by atoms with E-state index in [1.807, 2.05) is 6.07 Å². The summed E-state index contributed by atoms with van der Waals surface area (Å²) in [5.41, 5.74) is 2.82. The van der Waals surface area contributed by atoms with E-state index < -0.39 is 0 Å². The molecule has 8 heteroatoms. The highest BCUT2D eigenvalue weighted by Crippen LogP contribution is 2.38. The first-order valence-electron chi connectivity index (χ1n) is 11.8. The molecule has 0 radical (unpaired) electrons. The molecule has 0 saturated carbocycles. The standard InChI is InChI=1S/C27H29FN4O3/c1-16-11-18(28)12-17(2)26(16)35-23-15-32(19-6-9-30(3)10-7-19)24(33)13-21(23)22-14-31(4)27(34)25-20(22)5-8-29-25/h5,8,11-15,19,29H,6-7,9-10H2,1-4H3. The zero-order valence-electron chi connectivity index (χ0n) is 20.4. The number of rotatable bonds is 4. The van der Waals surface area contributed by atoms with Crippen LogP contribution < -0.4 is 15.9 Å². The number of nitrogens with one attached hydrogen (secondary N) is 1. The van der Waals surface area contributed by atoms with Crippen LogP contribution in [0.2, 0.25) is 0 Å². The summed E-state index contributed by atoms with van der Waals surface area (Å²) in [6.07, 6.45) is 6.95. The molecular weight excluding hydrogens is 447 g/mol. The number of fused-ring (bicyclic) bond motifs is 1. The van der Waals surface area contributed by atoms with E-state index in [1.165, 1.54) is 16.7 Å². The van der Waals surface area contributed by atoms with Crippen LogP contribution in [0.4, 0.5) is 4.39 Å². The molecule has 4 heterocycles. The molecular formula is C27H29FN4O3. The van der Waals surface area contributed by atoms with E-state index in [-0.39, 0.29) is 23.0 Å². The van der Waals surface area contributed by atoms with Crippen molar-refractivity contribution < 1.29 is 9.13 Å². The molecule has 182 valence electrons. The average Bonchev–Trinajstić information content (AvgIpc) is 3.30. The van der Waals surface area contributed by atoms with Crippen molar-refractivity contribution in [3.63, 3.8) is 0 Å². The maximum atomic E-state index is 14.0. The summed E-state index contributed by atoms with van der Waals surface area (Å²) in [6, 6.07) is 6.36. The minimum Gasteiger partial charge on any atom is -0.455 e. The number of pyridine rings is 2. The van der Waals surface area contributed by atoms with Crippen LogP contribution in [0.5, 0.6) is 11.5 Å². The third kappa shape index (κ3) is 4.18. The van der Waals surface area contributed by atoms with Gasteiger partial charge in [0, 0.05) is 48.1 Å². The van der Waals surface area contributed by atoms with Gasteiger partial charge < -0.3 is 23.8 Å². The van der Waals surface area contributed by atoms with Gasteiger partial charge in [-0.1, -0.05) is 0 Å². The highest BCUT2D eigenvalue weighted by Gasteiger charge is 2.23. The van der Waals surface area contributed by atoms with Crippen LogP contribution in [0.1, 0.15) is 30.0 Å². The first-order chi connectivity index (χ1) is 16.7. The molecule has 4 aromatic rings. The summed E-state index contributed by atoms with van der Waals surface area (Å²) < 4.78 is 23.7. The van der Waals surface area contributed by atoms with Crippen molar-refractivity contribution in [2.75, 3.05) is 20.1 Å². The van der Waals surface area contributed by atoms with Gasteiger partial charge in [0.15, 0.2) is 5.75 Å². The molecule has 1 aromatic carbocycles. The topological polar surface area (TPSA) is 72.3 Å². The minimum absolute atomic E-state index is 0.0675. The molecule has 1 fully saturated rings. The van der Waals surface area contributed by atoms with E-state index in [9.17, 15) is 14.0 Å². The van der Waals surface area contributed by atoms with Gasteiger partial charge >= 0.3 is 0 Å². The van der Waals surface area contributed by atoms with E-state index in [2.05, 4.69) is 16.9 Å². The number of H-pyrrole nitrogens is 1. The van der Waals surface area contributed by atoms with Crippen molar-refractivity contribution in [1.82, 2.24) is 19.0 Å². The first-order valence-corrected chi connectivity index (χ1v) is 11.8. The Balaban J connectivity index is 1.72. The van der Waals surface area contributed by atoms with Gasteiger partial charge in [-0.3, -0.25) is 9.59 Å². The van der Waals surface area contributed by atoms with Crippen molar-refractivity contribution in [1.29, 1.82) is 0 Å². The fourth-order valence-electron chi connectivity index (χ4n) is 5.03. The second-order valence-electron chi connectivity index (χ2n) is 9.53. The lowest BCUT2D eigenvalue weighted by Gasteiger charge is -2.30. The van der Waals surface area contributed by atoms with Crippen LogP contribution in [0, 0.1) is 19.7 Å². The van der Waals surface area contributed by atoms with Gasteiger partial charge in [-0.2, -0.15) is 0 Å². The molecule has 3 aromatic heterocycles. The predicted octanol–water partition coefficient (Wildman–Crippen LogP) is 4.51. The zero-order chi connectivity index (χ0) is 24.9. The van der Waals surface area contributed by atoms with Gasteiger partial charge in [0.2, 0.25) is 0 Å². The molecule has 0 spiro atoms. The van der Waals surface area contributed by atoms with E-state index in [1.54, 1.807) is 50.1 Å². The predicted molar refractivity (Wildman–Crippen MR) is 135 cm³/mol. The maximum absolute atomic E-state index is 14.0. The number of hydrogen-bond acceptors (Lipinski definition) is 4. The van der Waals surface area contributed by atoms with Gasteiger partial charge in [0.25, 0.3) is 11.1 Å². The molecule has 0 bridgehead atoms.